The van der Waals surface area contributed by atoms with Crippen molar-refractivity contribution in [2.45, 2.75) is 18.0 Å². The summed E-state index contributed by atoms with van der Waals surface area (Å²) in [6.45, 7) is 1.68. The third-order valence-electron chi connectivity index (χ3n) is 3.49. The quantitative estimate of drug-likeness (QED) is 0.585. The number of allylic oxidation sites excluding steroid dienone is 1. The maximum atomic E-state index is 12.8. The van der Waals surface area contributed by atoms with Crippen LogP contribution in [0.5, 0.6) is 0 Å². The van der Waals surface area contributed by atoms with Gasteiger partial charge in [-0.2, -0.15) is 13.2 Å². The summed E-state index contributed by atoms with van der Waals surface area (Å²) < 4.78 is 39.9. The average molecular weight is 370 g/mol. The molecule has 2 nitrogen and oxygen atoms in total. The molecule has 0 aromatic heterocycles. The van der Waals surface area contributed by atoms with E-state index < -0.39 is 11.7 Å². The Morgan fingerprint density at radius 1 is 1.12 bits per heavy atom. The van der Waals surface area contributed by atoms with Gasteiger partial charge in [0.2, 0.25) is 0 Å². The molecule has 0 radical (unpaired) electrons. The Balaban J connectivity index is 1.92. The molecule has 0 N–H and O–H groups in total. The molecule has 1 amide bonds. The second kappa shape index (κ2) is 6.18. The molecule has 0 spiro atoms. The predicted molar refractivity (Wildman–Crippen MR) is 88.6 cm³/mol. The number of carbonyl (C=O) groups excluding carboxylic acids is 1. The SMILES string of the molecule is CC1=Cc2cc(C(F)(F)F)ccc2SN1C(=O)c1ccc(Cl)cc1. The number of amides is 1. The summed E-state index contributed by atoms with van der Waals surface area (Å²) in [6, 6.07) is 9.95. The highest BCUT2D eigenvalue weighted by atomic mass is 35.5. The second-order valence-corrected chi connectivity index (χ2v) is 6.66. The van der Waals surface area contributed by atoms with Crippen molar-refractivity contribution in [1.82, 2.24) is 4.31 Å². The Morgan fingerprint density at radius 3 is 2.42 bits per heavy atom. The van der Waals surface area contributed by atoms with Crippen LogP contribution < -0.4 is 0 Å². The minimum atomic E-state index is -4.39. The Labute approximate surface area is 146 Å². The van der Waals surface area contributed by atoms with Gasteiger partial charge in [-0.3, -0.25) is 4.79 Å². The fourth-order valence-electron chi connectivity index (χ4n) is 2.29. The Morgan fingerprint density at radius 2 is 1.79 bits per heavy atom. The number of benzene rings is 2. The summed E-state index contributed by atoms with van der Waals surface area (Å²) >= 11 is 6.92. The summed E-state index contributed by atoms with van der Waals surface area (Å²) in [5.41, 5.74) is 0.762. The first-order valence-corrected chi connectivity index (χ1v) is 8.08. The van der Waals surface area contributed by atoms with Gasteiger partial charge in [-0.05, 0) is 73.0 Å². The Kier molecular flexibility index (Phi) is 4.36. The molecule has 0 bridgehead atoms. The van der Waals surface area contributed by atoms with Crippen LogP contribution in [0.15, 0.2) is 53.1 Å². The lowest BCUT2D eigenvalue weighted by atomic mass is 10.1. The summed E-state index contributed by atoms with van der Waals surface area (Å²) in [5, 5.41) is 0.523. The molecule has 0 saturated heterocycles. The summed E-state index contributed by atoms with van der Waals surface area (Å²) in [4.78, 5) is 13.2. The lowest BCUT2D eigenvalue weighted by Crippen LogP contribution is -2.24. The fourth-order valence-corrected chi connectivity index (χ4v) is 3.35. The Bertz CT molecular complexity index is 831. The van der Waals surface area contributed by atoms with E-state index in [9.17, 15) is 18.0 Å². The van der Waals surface area contributed by atoms with Gasteiger partial charge in [0.15, 0.2) is 0 Å². The van der Waals surface area contributed by atoms with Gasteiger partial charge in [-0.1, -0.05) is 11.6 Å². The smallest absolute Gasteiger partial charge is 0.268 e. The van der Waals surface area contributed by atoms with E-state index >= 15 is 0 Å². The molecule has 1 aliphatic heterocycles. The first-order chi connectivity index (χ1) is 11.3. The monoisotopic (exact) mass is 369 g/mol. The standard InChI is InChI=1S/C17H11ClF3NOS/c1-10-8-12-9-13(17(19,20)21)4-7-15(12)24-22(10)16(23)11-2-5-14(18)6-3-11/h2-9H,1H3. The first kappa shape index (κ1) is 16.9. The van der Waals surface area contributed by atoms with Crippen LogP contribution in [-0.4, -0.2) is 10.2 Å². The molecule has 0 unspecified atom stereocenters. The minimum Gasteiger partial charge on any atom is -0.268 e. The lowest BCUT2D eigenvalue weighted by molar-refractivity contribution is -0.137. The van der Waals surface area contributed by atoms with E-state index in [0.29, 0.717) is 26.7 Å². The summed E-state index contributed by atoms with van der Waals surface area (Å²) in [6.07, 6.45) is -2.81. The zero-order valence-electron chi connectivity index (χ0n) is 12.4. The largest absolute Gasteiger partial charge is 0.416 e. The number of hydrogen-bond acceptors (Lipinski definition) is 2. The average Bonchev–Trinajstić information content (AvgIpc) is 2.53. The first-order valence-electron chi connectivity index (χ1n) is 6.93. The van der Waals surface area contributed by atoms with Crippen LogP contribution in [0.2, 0.25) is 5.02 Å². The molecule has 0 saturated carbocycles. The molecule has 1 aliphatic rings. The molecular weight excluding hydrogens is 359 g/mol. The third kappa shape index (κ3) is 3.30. The number of halogens is 4. The van der Waals surface area contributed by atoms with Crippen LogP contribution in [0.25, 0.3) is 6.08 Å². The third-order valence-corrected chi connectivity index (χ3v) is 4.94. The zero-order chi connectivity index (χ0) is 17.5. The number of rotatable bonds is 1. The fraction of sp³-hybridized carbons (Fsp3) is 0.118. The van der Waals surface area contributed by atoms with Crippen molar-refractivity contribution in [3.8, 4) is 0 Å². The van der Waals surface area contributed by atoms with Gasteiger partial charge < -0.3 is 0 Å². The van der Waals surface area contributed by atoms with Crippen LogP contribution >= 0.6 is 23.5 Å². The van der Waals surface area contributed by atoms with Gasteiger partial charge >= 0.3 is 6.18 Å². The highest BCUT2D eigenvalue weighted by molar-refractivity contribution is 7.97. The number of nitrogens with zero attached hydrogens (tertiary/aromatic N) is 1. The van der Waals surface area contributed by atoms with Crippen molar-refractivity contribution in [3.63, 3.8) is 0 Å². The molecule has 7 heteroatoms. The molecule has 0 fully saturated rings. The second-order valence-electron chi connectivity index (χ2n) is 5.23. The maximum absolute atomic E-state index is 12.8. The van der Waals surface area contributed by atoms with Crippen molar-refractivity contribution in [1.29, 1.82) is 0 Å². The Hall–Kier alpha value is -1.92. The minimum absolute atomic E-state index is 0.254. The van der Waals surface area contributed by atoms with E-state index in [4.69, 9.17) is 11.6 Å². The zero-order valence-corrected chi connectivity index (χ0v) is 14.0. The normalized spacial score (nSPS) is 14.2. The van der Waals surface area contributed by atoms with Gasteiger partial charge in [0.25, 0.3) is 5.91 Å². The van der Waals surface area contributed by atoms with Gasteiger partial charge in [-0.15, -0.1) is 0 Å². The molecule has 24 heavy (non-hydrogen) atoms. The summed E-state index contributed by atoms with van der Waals surface area (Å²) in [5.74, 6) is -0.254. The van der Waals surface area contributed by atoms with E-state index in [1.165, 1.54) is 10.4 Å². The van der Waals surface area contributed by atoms with Gasteiger partial charge in [0, 0.05) is 21.2 Å². The van der Waals surface area contributed by atoms with E-state index in [1.54, 1.807) is 37.3 Å². The van der Waals surface area contributed by atoms with E-state index in [2.05, 4.69) is 0 Å². The lowest BCUT2D eigenvalue weighted by Gasteiger charge is -2.27. The van der Waals surface area contributed by atoms with Crippen LogP contribution in [-0.2, 0) is 6.18 Å². The van der Waals surface area contributed by atoms with Crippen LogP contribution in [0.4, 0.5) is 13.2 Å². The van der Waals surface area contributed by atoms with Gasteiger partial charge in [0.1, 0.15) is 0 Å². The van der Waals surface area contributed by atoms with E-state index in [-0.39, 0.29) is 5.91 Å². The molecule has 2 aromatic rings. The van der Waals surface area contributed by atoms with E-state index in [0.717, 1.165) is 24.1 Å². The number of alkyl halides is 3. The highest BCUT2D eigenvalue weighted by Gasteiger charge is 2.32. The molecular formula is C17H11ClF3NOS. The van der Waals surface area contributed by atoms with Crippen molar-refractivity contribution < 1.29 is 18.0 Å². The molecule has 1 heterocycles. The van der Waals surface area contributed by atoms with Crippen molar-refractivity contribution in [3.05, 3.63) is 69.9 Å². The molecule has 3 rings (SSSR count). The number of carbonyl (C=O) groups is 1. The van der Waals surface area contributed by atoms with E-state index in [1.807, 2.05) is 0 Å². The molecule has 124 valence electrons. The van der Waals surface area contributed by atoms with Crippen LogP contribution in [0.1, 0.15) is 28.4 Å². The summed E-state index contributed by atoms with van der Waals surface area (Å²) in [7, 11) is 0. The van der Waals surface area contributed by atoms with Gasteiger partial charge in [0.05, 0.1) is 5.56 Å². The molecule has 0 atom stereocenters. The maximum Gasteiger partial charge on any atom is 0.416 e. The molecule has 2 aromatic carbocycles. The van der Waals surface area contributed by atoms with Crippen molar-refractivity contribution in [2.75, 3.05) is 0 Å². The molecule has 0 aliphatic carbocycles. The van der Waals surface area contributed by atoms with Crippen LogP contribution in [0, 0.1) is 0 Å². The number of hydrogen-bond donors (Lipinski definition) is 0. The van der Waals surface area contributed by atoms with Gasteiger partial charge in [-0.25, -0.2) is 4.31 Å². The van der Waals surface area contributed by atoms with Crippen molar-refractivity contribution in [2.24, 2.45) is 0 Å². The highest BCUT2D eigenvalue weighted by Crippen LogP contribution is 2.40. The van der Waals surface area contributed by atoms with Crippen LogP contribution in [0.3, 0.4) is 0 Å². The van der Waals surface area contributed by atoms with Crippen molar-refractivity contribution >= 4 is 35.5 Å². The predicted octanol–water partition coefficient (Wildman–Crippen LogP) is 5.88. The number of fused-ring (bicyclic) bond motifs is 1. The topological polar surface area (TPSA) is 20.3 Å².